The number of hydrogen-bond acceptors (Lipinski definition) is 6. The van der Waals surface area contributed by atoms with Crippen molar-refractivity contribution in [3.05, 3.63) is 42.7 Å². The number of nitrogens with one attached hydrogen (secondary N) is 1. The standard InChI is InChI=1S/C29H35N5O3/c1-19(22-14-28(35)30-15-22)37-27-13-21(12-26-29(27)34(18-31-26)24-6-7-24)20-2-4-23(5-3-20)32-8-10-33(11-9-32)25-16-36-17-25/h2-5,12-13,18-19,22,24-25H,6-11,14-17H2,1H3,(H,30,35)/t19-,22?/m1/s1. The second-order valence-electron chi connectivity index (χ2n) is 11.1. The number of piperazine rings is 1. The van der Waals surface area contributed by atoms with Crippen molar-refractivity contribution in [1.82, 2.24) is 19.8 Å². The highest BCUT2D eigenvalue weighted by molar-refractivity contribution is 5.88. The zero-order valence-electron chi connectivity index (χ0n) is 21.4. The van der Waals surface area contributed by atoms with Crippen LogP contribution in [0.5, 0.6) is 5.75 Å². The second kappa shape index (κ2) is 9.33. The van der Waals surface area contributed by atoms with Gasteiger partial charge in [-0.2, -0.15) is 0 Å². The topological polar surface area (TPSA) is 71.9 Å². The fourth-order valence-electron chi connectivity index (χ4n) is 5.92. The number of imidazole rings is 1. The molecule has 7 rings (SSSR count). The number of benzene rings is 2. The van der Waals surface area contributed by atoms with Crippen LogP contribution in [-0.2, 0) is 9.53 Å². The first kappa shape index (κ1) is 23.0. The molecule has 3 aromatic rings. The molecule has 1 saturated carbocycles. The van der Waals surface area contributed by atoms with E-state index in [2.05, 4.69) is 63.0 Å². The molecule has 4 fully saturated rings. The van der Waals surface area contributed by atoms with Gasteiger partial charge in [0.05, 0.1) is 31.1 Å². The first-order chi connectivity index (χ1) is 18.1. The molecule has 0 bridgehead atoms. The third-order valence-corrected chi connectivity index (χ3v) is 8.58. The minimum absolute atomic E-state index is 0.0625. The SMILES string of the molecule is C[C@@H](Oc1cc(-c2ccc(N3CCN(C4COC4)CC3)cc2)cc2ncn(C3CC3)c12)C1CNC(=O)C1. The summed E-state index contributed by atoms with van der Waals surface area (Å²) in [5.41, 5.74) is 5.58. The Kier molecular flexibility index (Phi) is 5.81. The molecule has 1 amide bonds. The Balaban J connectivity index is 1.13. The number of carbonyl (C=O) groups is 1. The summed E-state index contributed by atoms with van der Waals surface area (Å²) in [4.78, 5) is 21.6. The van der Waals surface area contributed by atoms with Gasteiger partial charge < -0.3 is 24.3 Å². The van der Waals surface area contributed by atoms with Gasteiger partial charge in [-0.1, -0.05) is 12.1 Å². The van der Waals surface area contributed by atoms with Gasteiger partial charge in [0.2, 0.25) is 5.91 Å². The zero-order valence-corrected chi connectivity index (χ0v) is 21.4. The summed E-state index contributed by atoms with van der Waals surface area (Å²) < 4.78 is 14.2. The Hall–Kier alpha value is -3.10. The molecule has 2 aromatic carbocycles. The van der Waals surface area contributed by atoms with Gasteiger partial charge >= 0.3 is 0 Å². The molecule has 3 aliphatic heterocycles. The maximum absolute atomic E-state index is 11.8. The smallest absolute Gasteiger partial charge is 0.220 e. The lowest BCUT2D eigenvalue weighted by molar-refractivity contribution is -0.119. The van der Waals surface area contributed by atoms with Gasteiger partial charge in [-0.3, -0.25) is 9.69 Å². The fraction of sp³-hybridized carbons (Fsp3) is 0.517. The molecule has 0 spiro atoms. The van der Waals surface area contributed by atoms with E-state index in [1.54, 1.807) is 0 Å². The van der Waals surface area contributed by atoms with Crippen molar-refractivity contribution in [3.63, 3.8) is 0 Å². The molecule has 4 aliphatic rings. The third kappa shape index (κ3) is 4.46. The number of carbonyl (C=O) groups excluding carboxylic acids is 1. The summed E-state index contributed by atoms with van der Waals surface area (Å²) in [6.45, 7) is 8.82. The van der Waals surface area contributed by atoms with Crippen LogP contribution >= 0.6 is 0 Å². The minimum atomic E-state index is -0.0625. The van der Waals surface area contributed by atoms with Gasteiger partial charge in [-0.05, 0) is 55.2 Å². The van der Waals surface area contributed by atoms with E-state index in [1.165, 1.54) is 18.5 Å². The summed E-state index contributed by atoms with van der Waals surface area (Å²) in [5.74, 6) is 1.16. The van der Waals surface area contributed by atoms with E-state index >= 15 is 0 Å². The molecule has 8 nitrogen and oxygen atoms in total. The van der Waals surface area contributed by atoms with Gasteiger partial charge in [0, 0.05) is 56.8 Å². The average molecular weight is 502 g/mol. The van der Waals surface area contributed by atoms with Crippen LogP contribution in [0.15, 0.2) is 42.7 Å². The lowest BCUT2D eigenvalue weighted by Gasteiger charge is -2.43. The van der Waals surface area contributed by atoms with E-state index in [1.807, 2.05) is 6.33 Å². The quantitative estimate of drug-likeness (QED) is 0.535. The lowest BCUT2D eigenvalue weighted by Crippen LogP contribution is -2.56. The molecular formula is C29H35N5O3. The van der Waals surface area contributed by atoms with Gasteiger partial charge in [0.25, 0.3) is 0 Å². The van der Waals surface area contributed by atoms with Crippen LogP contribution in [0.1, 0.15) is 32.2 Å². The van der Waals surface area contributed by atoms with Crippen LogP contribution in [0.3, 0.4) is 0 Å². The normalized spacial score (nSPS) is 23.8. The van der Waals surface area contributed by atoms with E-state index in [0.29, 0.717) is 25.0 Å². The van der Waals surface area contributed by atoms with Gasteiger partial charge in [0.15, 0.2) is 0 Å². The predicted molar refractivity (Wildman–Crippen MR) is 143 cm³/mol. The number of aromatic nitrogens is 2. The Labute approximate surface area is 217 Å². The van der Waals surface area contributed by atoms with E-state index in [0.717, 1.165) is 67.3 Å². The van der Waals surface area contributed by atoms with Gasteiger partial charge in [-0.25, -0.2) is 4.98 Å². The Morgan fingerprint density at radius 2 is 1.81 bits per heavy atom. The van der Waals surface area contributed by atoms with Crippen LogP contribution < -0.4 is 15.0 Å². The third-order valence-electron chi connectivity index (χ3n) is 8.58. The van der Waals surface area contributed by atoms with Crippen molar-refractivity contribution in [2.75, 3.05) is 50.8 Å². The molecule has 1 N–H and O–H groups in total. The molecule has 1 unspecified atom stereocenters. The fourth-order valence-corrected chi connectivity index (χ4v) is 5.92. The van der Waals surface area contributed by atoms with Crippen molar-refractivity contribution in [3.8, 4) is 16.9 Å². The van der Waals surface area contributed by atoms with Crippen molar-refractivity contribution in [2.45, 2.75) is 44.4 Å². The molecule has 0 radical (unpaired) electrons. The summed E-state index contributed by atoms with van der Waals surface area (Å²) in [6.07, 6.45) is 4.80. The second-order valence-corrected chi connectivity index (χ2v) is 11.1. The molecule has 194 valence electrons. The van der Waals surface area contributed by atoms with Crippen molar-refractivity contribution >= 4 is 22.6 Å². The lowest BCUT2D eigenvalue weighted by atomic mass is 10.0. The molecule has 2 atom stereocenters. The molecule has 8 heteroatoms. The van der Waals surface area contributed by atoms with Crippen LogP contribution in [0.2, 0.25) is 0 Å². The maximum atomic E-state index is 11.8. The summed E-state index contributed by atoms with van der Waals surface area (Å²) in [7, 11) is 0. The molecule has 1 aromatic heterocycles. The van der Waals surface area contributed by atoms with Crippen LogP contribution in [0.4, 0.5) is 5.69 Å². The number of anilines is 1. The number of rotatable bonds is 7. The van der Waals surface area contributed by atoms with Crippen LogP contribution in [-0.4, -0.2) is 78.4 Å². The number of hydrogen-bond donors (Lipinski definition) is 1. The average Bonchev–Trinajstić information content (AvgIpc) is 3.48. The largest absolute Gasteiger partial charge is 0.488 e. The first-order valence-electron chi connectivity index (χ1n) is 13.7. The minimum Gasteiger partial charge on any atom is -0.488 e. The van der Waals surface area contributed by atoms with Crippen molar-refractivity contribution < 1.29 is 14.3 Å². The predicted octanol–water partition coefficient (Wildman–Crippen LogP) is 3.46. The van der Waals surface area contributed by atoms with Gasteiger partial charge in [0.1, 0.15) is 17.4 Å². The summed E-state index contributed by atoms with van der Waals surface area (Å²) in [6, 6.07) is 14.4. The van der Waals surface area contributed by atoms with Crippen LogP contribution in [0.25, 0.3) is 22.2 Å². The van der Waals surface area contributed by atoms with Crippen molar-refractivity contribution in [1.29, 1.82) is 0 Å². The van der Waals surface area contributed by atoms with Crippen molar-refractivity contribution in [2.24, 2.45) is 5.92 Å². The Morgan fingerprint density at radius 3 is 2.46 bits per heavy atom. The highest BCUT2D eigenvalue weighted by Gasteiger charge is 2.31. The maximum Gasteiger partial charge on any atom is 0.220 e. The number of amides is 1. The monoisotopic (exact) mass is 501 g/mol. The highest BCUT2D eigenvalue weighted by Crippen LogP contribution is 2.42. The van der Waals surface area contributed by atoms with E-state index < -0.39 is 0 Å². The molecule has 4 heterocycles. The summed E-state index contributed by atoms with van der Waals surface area (Å²) in [5, 5.41) is 2.94. The molecular weight excluding hydrogens is 466 g/mol. The number of nitrogens with zero attached hydrogens (tertiary/aromatic N) is 4. The van der Waals surface area contributed by atoms with Gasteiger partial charge in [-0.15, -0.1) is 0 Å². The van der Waals surface area contributed by atoms with E-state index in [9.17, 15) is 4.79 Å². The highest BCUT2D eigenvalue weighted by atomic mass is 16.5. The molecule has 3 saturated heterocycles. The molecule has 37 heavy (non-hydrogen) atoms. The Bertz CT molecular complexity index is 1290. The van der Waals surface area contributed by atoms with E-state index in [-0.39, 0.29) is 17.9 Å². The first-order valence-corrected chi connectivity index (χ1v) is 13.7. The van der Waals surface area contributed by atoms with Crippen LogP contribution in [0, 0.1) is 5.92 Å². The number of fused-ring (bicyclic) bond motifs is 1. The van der Waals surface area contributed by atoms with E-state index in [4.69, 9.17) is 14.5 Å². The molecule has 1 aliphatic carbocycles. The Morgan fingerprint density at radius 1 is 1.03 bits per heavy atom. The summed E-state index contributed by atoms with van der Waals surface area (Å²) >= 11 is 0. The number of ether oxygens (including phenoxy) is 2. The zero-order chi connectivity index (χ0) is 24.9.